The summed E-state index contributed by atoms with van der Waals surface area (Å²) in [6.07, 6.45) is 1.56. The summed E-state index contributed by atoms with van der Waals surface area (Å²) < 4.78 is 0. The normalized spacial score (nSPS) is 10.7. The third-order valence-corrected chi connectivity index (χ3v) is 3.21. The van der Waals surface area contributed by atoms with E-state index < -0.39 is 0 Å². The molecular formula is C15H18N2O3. The van der Waals surface area contributed by atoms with Crippen molar-refractivity contribution in [3.05, 3.63) is 52.8 Å². The van der Waals surface area contributed by atoms with Crippen LogP contribution < -0.4 is 5.32 Å². The third kappa shape index (κ3) is 3.07. The van der Waals surface area contributed by atoms with Crippen LogP contribution in [0.2, 0.25) is 0 Å². The van der Waals surface area contributed by atoms with Gasteiger partial charge in [0, 0.05) is 36.0 Å². The first kappa shape index (κ1) is 14.3. The number of benzene rings is 1. The molecule has 0 radical (unpaired) electrons. The Bertz CT molecular complexity index is 600. The maximum atomic E-state index is 10.00. The van der Waals surface area contributed by atoms with Gasteiger partial charge in [-0.15, -0.1) is 0 Å². The van der Waals surface area contributed by atoms with E-state index in [9.17, 15) is 15.3 Å². The maximum absolute atomic E-state index is 10.00. The zero-order chi connectivity index (χ0) is 14.5. The number of rotatable bonds is 5. The van der Waals surface area contributed by atoms with Crippen LogP contribution in [0.1, 0.15) is 22.4 Å². The van der Waals surface area contributed by atoms with E-state index in [2.05, 4.69) is 10.3 Å². The first-order chi connectivity index (χ1) is 9.63. The molecule has 0 atom stereocenters. The molecular weight excluding hydrogens is 256 g/mol. The summed E-state index contributed by atoms with van der Waals surface area (Å²) in [6, 6.07) is 7.07. The van der Waals surface area contributed by atoms with E-state index >= 15 is 0 Å². The monoisotopic (exact) mass is 274 g/mol. The summed E-state index contributed by atoms with van der Waals surface area (Å²) in [5.41, 5.74) is 2.54. The van der Waals surface area contributed by atoms with E-state index in [1.54, 1.807) is 25.3 Å². The first-order valence-electron chi connectivity index (χ1n) is 6.38. The number of para-hydroxylation sites is 1. The van der Waals surface area contributed by atoms with E-state index in [1.165, 1.54) is 0 Å². The topological polar surface area (TPSA) is 85.6 Å². The van der Waals surface area contributed by atoms with Crippen molar-refractivity contribution in [2.24, 2.45) is 0 Å². The van der Waals surface area contributed by atoms with Crippen LogP contribution in [0.4, 0.5) is 0 Å². The second kappa shape index (κ2) is 6.36. The number of phenols is 1. The van der Waals surface area contributed by atoms with Crippen LogP contribution in [0, 0.1) is 6.92 Å². The predicted molar refractivity (Wildman–Crippen MR) is 75.2 cm³/mol. The van der Waals surface area contributed by atoms with Crippen molar-refractivity contribution in [3.63, 3.8) is 0 Å². The van der Waals surface area contributed by atoms with E-state index in [4.69, 9.17) is 0 Å². The fourth-order valence-corrected chi connectivity index (χ4v) is 2.00. The van der Waals surface area contributed by atoms with Crippen molar-refractivity contribution in [1.82, 2.24) is 10.3 Å². The molecule has 0 saturated heterocycles. The fourth-order valence-electron chi connectivity index (χ4n) is 2.00. The molecule has 4 N–H and O–H groups in total. The highest BCUT2D eigenvalue weighted by Crippen LogP contribution is 2.24. The molecule has 0 amide bonds. The lowest BCUT2D eigenvalue weighted by Crippen LogP contribution is -2.15. The molecule has 0 spiro atoms. The number of nitrogens with zero attached hydrogens (tertiary/aromatic N) is 1. The van der Waals surface area contributed by atoms with E-state index in [0.717, 1.165) is 5.56 Å². The van der Waals surface area contributed by atoms with Gasteiger partial charge in [-0.2, -0.15) is 0 Å². The van der Waals surface area contributed by atoms with Gasteiger partial charge in [-0.3, -0.25) is 4.98 Å². The maximum Gasteiger partial charge on any atom is 0.141 e. The Morgan fingerprint density at radius 2 is 1.85 bits per heavy atom. The summed E-state index contributed by atoms with van der Waals surface area (Å²) in [4.78, 5) is 4.01. The number of hydrogen-bond donors (Lipinski definition) is 4. The Morgan fingerprint density at radius 3 is 2.55 bits per heavy atom. The van der Waals surface area contributed by atoms with Crippen molar-refractivity contribution >= 4 is 0 Å². The molecule has 0 bridgehead atoms. The second-order valence-electron chi connectivity index (χ2n) is 4.59. The SMILES string of the molecule is Cc1ncc(CO)c(CNCc2ccccc2O)c1O. The standard InChI is InChI=1S/C15H18N2O3/c1-10-15(20)13(12(9-18)7-17-10)8-16-6-11-4-2-3-5-14(11)19/h2-5,7,16,18-20H,6,8-9H2,1H3. The Hall–Kier alpha value is -2.11. The minimum Gasteiger partial charge on any atom is -0.508 e. The first-order valence-corrected chi connectivity index (χ1v) is 6.38. The largest absolute Gasteiger partial charge is 0.508 e. The highest BCUT2D eigenvalue weighted by molar-refractivity contribution is 5.40. The van der Waals surface area contributed by atoms with Gasteiger partial charge in [0.25, 0.3) is 0 Å². The van der Waals surface area contributed by atoms with Gasteiger partial charge in [-0.05, 0) is 13.0 Å². The third-order valence-electron chi connectivity index (χ3n) is 3.21. The van der Waals surface area contributed by atoms with Crippen LogP contribution in [0.3, 0.4) is 0 Å². The summed E-state index contributed by atoms with van der Waals surface area (Å²) in [5.74, 6) is 0.332. The number of pyridine rings is 1. The zero-order valence-corrected chi connectivity index (χ0v) is 11.3. The number of aromatic nitrogens is 1. The lowest BCUT2D eigenvalue weighted by Gasteiger charge is -2.12. The summed E-state index contributed by atoms with van der Waals surface area (Å²) in [7, 11) is 0. The molecule has 1 aromatic carbocycles. The van der Waals surface area contributed by atoms with Gasteiger partial charge < -0.3 is 20.6 Å². The van der Waals surface area contributed by atoms with Crippen LogP contribution in [0.15, 0.2) is 30.5 Å². The van der Waals surface area contributed by atoms with Gasteiger partial charge in [0.1, 0.15) is 11.5 Å². The molecule has 2 aromatic rings. The average molecular weight is 274 g/mol. The van der Waals surface area contributed by atoms with Crippen LogP contribution in [-0.4, -0.2) is 20.3 Å². The molecule has 20 heavy (non-hydrogen) atoms. The molecule has 0 saturated carbocycles. The summed E-state index contributed by atoms with van der Waals surface area (Å²) >= 11 is 0. The summed E-state index contributed by atoms with van der Waals surface area (Å²) in [5, 5.41) is 32.1. The minimum absolute atomic E-state index is 0.0985. The van der Waals surface area contributed by atoms with E-state index in [-0.39, 0.29) is 18.1 Å². The smallest absolute Gasteiger partial charge is 0.141 e. The fraction of sp³-hybridized carbons (Fsp3) is 0.267. The molecule has 0 fully saturated rings. The van der Waals surface area contributed by atoms with Crippen LogP contribution in [0.5, 0.6) is 11.5 Å². The van der Waals surface area contributed by atoms with Crippen molar-refractivity contribution in [2.75, 3.05) is 0 Å². The molecule has 5 nitrogen and oxygen atoms in total. The zero-order valence-electron chi connectivity index (χ0n) is 11.3. The Labute approximate surface area is 117 Å². The molecule has 0 aliphatic heterocycles. The average Bonchev–Trinajstić information content (AvgIpc) is 2.45. The van der Waals surface area contributed by atoms with E-state index in [1.807, 2.05) is 12.1 Å². The van der Waals surface area contributed by atoms with Crippen LogP contribution in [-0.2, 0) is 19.7 Å². The quantitative estimate of drug-likeness (QED) is 0.665. The molecule has 0 unspecified atom stereocenters. The lowest BCUT2D eigenvalue weighted by atomic mass is 10.1. The van der Waals surface area contributed by atoms with Crippen LogP contribution in [0.25, 0.3) is 0 Å². The van der Waals surface area contributed by atoms with Gasteiger partial charge in [-0.25, -0.2) is 0 Å². The highest BCUT2D eigenvalue weighted by Gasteiger charge is 2.11. The van der Waals surface area contributed by atoms with Gasteiger partial charge in [0.2, 0.25) is 0 Å². The van der Waals surface area contributed by atoms with Gasteiger partial charge in [0.15, 0.2) is 0 Å². The number of aromatic hydroxyl groups is 2. The van der Waals surface area contributed by atoms with Crippen molar-refractivity contribution in [2.45, 2.75) is 26.6 Å². The number of aryl methyl sites for hydroxylation is 1. The molecule has 2 rings (SSSR count). The molecule has 0 aliphatic carbocycles. The van der Waals surface area contributed by atoms with Gasteiger partial charge in [-0.1, -0.05) is 18.2 Å². The predicted octanol–water partition coefficient (Wildman–Crippen LogP) is 1.58. The number of aliphatic hydroxyl groups excluding tert-OH is 1. The lowest BCUT2D eigenvalue weighted by molar-refractivity contribution is 0.278. The molecule has 0 aliphatic rings. The van der Waals surface area contributed by atoms with Crippen molar-refractivity contribution < 1.29 is 15.3 Å². The molecule has 5 heteroatoms. The minimum atomic E-state index is -0.172. The van der Waals surface area contributed by atoms with Gasteiger partial charge in [0.05, 0.1) is 12.3 Å². The molecule has 1 heterocycles. The van der Waals surface area contributed by atoms with Gasteiger partial charge >= 0.3 is 0 Å². The van der Waals surface area contributed by atoms with E-state index in [0.29, 0.717) is 29.9 Å². The Kier molecular flexibility index (Phi) is 4.55. The highest BCUT2D eigenvalue weighted by atomic mass is 16.3. The number of nitrogens with one attached hydrogen (secondary N) is 1. The Morgan fingerprint density at radius 1 is 1.10 bits per heavy atom. The number of hydrogen-bond acceptors (Lipinski definition) is 5. The van der Waals surface area contributed by atoms with Crippen molar-refractivity contribution in [1.29, 1.82) is 0 Å². The molecule has 106 valence electrons. The Balaban J connectivity index is 2.08. The summed E-state index contributed by atoms with van der Waals surface area (Å²) in [6.45, 7) is 2.40. The number of phenolic OH excluding ortho intramolecular Hbond substituents is 1. The molecule has 1 aromatic heterocycles. The van der Waals surface area contributed by atoms with Crippen LogP contribution >= 0.6 is 0 Å². The number of aliphatic hydroxyl groups is 1. The van der Waals surface area contributed by atoms with Crippen molar-refractivity contribution in [3.8, 4) is 11.5 Å². The second-order valence-corrected chi connectivity index (χ2v) is 4.59.